The highest BCUT2D eigenvalue weighted by Crippen LogP contribution is 2.27. The highest BCUT2D eigenvalue weighted by Gasteiger charge is 2.13. The normalized spacial score (nSPS) is 11.7. The first-order valence-corrected chi connectivity index (χ1v) is 6.47. The summed E-state index contributed by atoms with van der Waals surface area (Å²) < 4.78 is 0. The fourth-order valence-electron chi connectivity index (χ4n) is 2.06. The molecule has 3 heteroatoms. The van der Waals surface area contributed by atoms with Gasteiger partial charge in [0.05, 0.1) is 16.8 Å². The molecule has 2 nitrogen and oxygen atoms in total. The molecule has 2 rings (SSSR count). The monoisotopic (exact) mass is 270 g/mol. The fourth-order valence-corrected chi connectivity index (χ4v) is 2.25. The van der Waals surface area contributed by atoms with E-state index >= 15 is 0 Å². The maximum atomic E-state index is 9.37. The predicted molar refractivity (Wildman–Crippen MR) is 79.3 cm³/mol. The largest absolute Gasteiger partial charge is 0.365 e. The zero-order valence-electron chi connectivity index (χ0n) is 10.9. The highest BCUT2D eigenvalue weighted by atomic mass is 35.5. The van der Waals surface area contributed by atoms with Crippen LogP contribution in [0.15, 0.2) is 42.5 Å². The Morgan fingerprint density at radius 3 is 2.53 bits per heavy atom. The van der Waals surface area contributed by atoms with E-state index in [0.717, 1.165) is 16.8 Å². The number of nitrogens with one attached hydrogen (secondary N) is 1. The summed E-state index contributed by atoms with van der Waals surface area (Å²) in [5.41, 5.74) is 4.05. The van der Waals surface area contributed by atoms with Crippen molar-refractivity contribution < 1.29 is 0 Å². The van der Waals surface area contributed by atoms with Crippen LogP contribution < -0.4 is 5.32 Å². The molecular weight excluding hydrogens is 256 g/mol. The molecule has 0 aliphatic rings. The molecule has 2 aromatic carbocycles. The third-order valence-electron chi connectivity index (χ3n) is 3.04. The van der Waals surface area contributed by atoms with Gasteiger partial charge in [0.15, 0.2) is 0 Å². The minimum atomic E-state index is -0.402. The van der Waals surface area contributed by atoms with Crippen LogP contribution in [-0.2, 0) is 0 Å². The number of halogens is 1. The number of anilines is 1. The maximum absolute atomic E-state index is 9.37. The first kappa shape index (κ1) is 13.5. The van der Waals surface area contributed by atoms with Crippen molar-refractivity contribution in [3.05, 3.63) is 64.2 Å². The molecule has 0 bridgehead atoms. The topological polar surface area (TPSA) is 35.8 Å². The molecule has 1 unspecified atom stereocenters. The number of nitrogens with zero attached hydrogens (tertiary/aromatic N) is 1. The van der Waals surface area contributed by atoms with E-state index in [1.54, 1.807) is 6.07 Å². The van der Waals surface area contributed by atoms with E-state index < -0.39 is 6.04 Å². The van der Waals surface area contributed by atoms with Crippen LogP contribution in [0.4, 0.5) is 5.69 Å². The van der Waals surface area contributed by atoms with Crippen molar-refractivity contribution in [2.45, 2.75) is 19.9 Å². The standard InChI is InChI=1S/C16H15ClN2/c1-11-7-8-13(12(2)9-11)16(10-18)19-15-6-4-3-5-14(15)17/h3-9,16,19H,1-2H3. The summed E-state index contributed by atoms with van der Waals surface area (Å²) in [6.07, 6.45) is 0. The quantitative estimate of drug-likeness (QED) is 0.882. The lowest BCUT2D eigenvalue weighted by molar-refractivity contribution is 0.979. The van der Waals surface area contributed by atoms with Gasteiger partial charge in [-0.05, 0) is 37.1 Å². The van der Waals surface area contributed by atoms with Gasteiger partial charge in [0, 0.05) is 0 Å². The number of hydrogen-bond donors (Lipinski definition) is 1. The van der Waals surface area contributed by atoms with E-state index in [9.17, 15) is 5.26 Å². The third-order valence-corrected chi connectivity index (χ3v) is 3.37. The predicted octanol–water partition coefficient (Wildman–Crippen LogP) is 4.63. The van der Waals surface area contributed by atoms with E-state index in [-0.39, 0.29) is 0 Å². The SMILES string of the molecule is Cc1ccc(C(C#N)Nc2ccccc2Cl)c(C)c1. The Kier molecular flexibility index (Phi) is 4.09. The van der Waals surface area contributed by atoms with Gasteiger partial charge in [0.1, 0.15) is 6.04 Å². The third kappa shape index (κ3) is 3.07. The van der Waals surface area contributed by atoms with Gasteiger partial charge in [-0.2, -0.15) is 5.26 Å². The second-order valence-corrected chi connectivity index (χ2v) is 4.95. The number of hydrogen-bond acceptors (Lipinski definition) is 2. The Labute approximate surface area is 118 Å². The average Bonchev–Trinajstić information content (AvgIpc) is 2.39. The van der Waals surface area contributed by atoms with E-state index in [1.165, 1.54) is 5.56 Å². The molecule has 0 aromatic heterocycles. The molecule has 0 amide bonds. The Hall–Kier alpha value is -1.98. The first-order valence-electron chi connectivity index (χ1n) is 6.09. The average molecular weight is 271 g/mol. The van der Waals surface area contributed by atoms with Crippen LogP contribution in [0.3, 0.4) is 0 Å². The fraction of sp³-hybridized carbons (Fsp3) is 0.188. The van der Waals surface area contributed by atoms with Crippen LogP contribution >= 0.6 is 11.6 Å². The number of rotatable bonds is 3. The Morgan fingerprint density at radius 2 is 1.89 bits per heavy atom. The molecule has 0 heterocycles. The van der Waals surface area contributed by atoms with Crippen molar-refractivity contribution in [3.8, 4) is 6.07 Å². The number of benzene rings is 2. The summed E-state index contributed by atoms with van der Waals surface area (Å²) in [7, 11) is 0. The lowest BCUT2D eigenvalue weighted by atomic mass is 10.00. The lowest BCUT2D eigenvalue weighted by Gasteiger charge is -2.16. The van der Waals surface area contributed by atoms with Crippen molar-refractivity contribution in [1.29, 1.82) is 5.26 Å². The van der Waals surface area contributed by atoms with E-state index in [1.807, 2.05) is 44.2 Å². The van der Waals surface area contributed by atoms with E-state index in [4.69, 9.17) is 11.6 Å². The van der Waals surface area contributed by atoms with Gasteiger partial charge >= 0.3 is 0 Å². The summed E-state index contributed by atoms with van der Waals surface area (Å²) in [5, 5.41) is 13.2. The van der Waals surface area contributed by atoms with Crippen LogP contribution in [0.2, 0.25) is 5.02 Å². The van der Waals surface area contributed by atoms with Crippen LogP contribution in [0, 0.1) is 25.2 Å². The van der Waals surface area contributed by atoms with Crippen molar-refractivity contribution in [1.82, 2.24) is 0 Å². The smallest absolute Gasteiger partial charge is 0.140 e. The van der Waals surface area contributed by atoms with Crippen molar-refractivity contribution in [2.75, 3.05) is 5.32 Å². The number of nitriles is 1. The van der Waals surface area contributed by atoms with Crippen LogP contribution in [-0.4, -0.2) is 0 Å². The summed E-state index contributed by atoms with van der Waals surface area (Å²) in [6.45, 7) is 4.06. The molecule has 0 aliphatic heterocycles. The lowest BCUT2D eigenvalue weighted by Crippen LogP contribution is -2.10. The molecule has 96 valence electrons. The van der Waals surface area contributed by atoms with Gasteiger partial charge in [-0.15, -0.1) is 0 Å². The van der Waals surface area contributed by atoms with Crippen LogP contribution in [0.1, 0.15) is 22.7 Å². The van der Waals surface area contributed by atoms with E-state index in [0.29, 0.717) is 5.02 Å². The molecule has 1 atom stereocenters. The van der Waals surface area contributed by atoms with Gasteiger partial charge < -0.3 is 5.32 Å². The second kappa shape index (κ2) is 5.77. The van der Waals surface area contributed by atoms with Crippen molar-refractivity contribution in [2.24, 2.45) is 0 Å². The maximum Gasteiger partial charge on any atom is 0.140 e. The Morgan fingerprint density at radius 1 is 1.16 bits per heavy atom. The zero-order valence-corrected chi connectivity index (χ0v) is 11.7. The molecule has 2 aromatic rings. The highest BCUT2D eigenvalue weighted by molar-refractivity contribution is 6.33. The molecule has 1 N–H and O–H groups in total. The zero-order chi connectivity index (χ0) is 13.8. The van der Waals surface area contributed by atoms with Gasteiger partial charge in [-0.3, -0.25) is 0 Å². The molecule has 0 spiro atoms. The summed E-state index contributed by atoms with van der Waals surface area (Å²) >= 11 is 6.11. The minimum absolute atomic E-state index is 0.402. The van der Waals surface area contributed by atoms with Gasteiger partial charge in [-0.25, -0.2) is 0 Å². The molecule has 0 radical (unpaired) electrons. The molecule has 19 heavy (non-hydrogen) atoms. The van der Waals surface area contributed by atoms with E-state index in [2.05, 4.69) is 17.5 Å². The summed E-state index contributed by atoms with van der Waals surface area (Å²) in [6, 6.07) is 15.4. The van der Waals surface area contributed by atoms with Gasteiger partial charge in [-0.1, -0.05) is 47.5 Å². The second-order valence-electron chi connectivity index (χ2n) is 4.55. The Bertz CT molecular complexity index is 629. The number of aryl methyl sites for hydroxylation is 2. The molecule has 0 saturated carbocycles. The summed E-state index contributed by atoms with van der Waals surface area (Å²) in [5.74, 6) is 0. The molecule has 0 aliphatic carbocycles. The van der Waals surface area contributed by atoms with Crippen molar-refractivity contribution >= 4 is 17.3 Å². The number of para-hydroxylation sites is 1. The summed E-state index contributed by atoms with van der Waals surface area (Å²) in [4.78, 5) is 0. The van der Waals surface area contributed by atoms with Gasteiger partial charge in [0.2, 0.25) is 0 Å². The molecular formula is C16H15ClN2. The van der Waals surface area contributed by atoms with Crippen LogP contribution in [0.25, 0.3) is 0 Å². The molecule has 0 fully saturated rings. The Balaban J connectivity index is 2.31. The minimum Gasteiger partial charge on any atom is -0.365 e. The molecule has 0 saturated heterocycles. The van der Waals surface area contributed by atoms with Gasteiger partial charge in [0.25, 0.3) is 0 Å². The van der Waals surface area contributed by atoms with Crippen molar-refractivity contribution in [3.63, 3.8) is 0 Å². The first-order chi connectivity index (χ1) is 9.11. The van der Waals surface area contributed by atoms with Crippen LogP contribution in [0.5, 0.6) is 0 Å².